The first-order chi connectivity index (χ1) is 13.4. The Hall–Kier alpha value is -2.87. The van der Waals surface area contributed by atoms with Gasteiger partial charge >= 0.3 is 0 Å². The molecule has 1 aliphatic heterocycles. The maximum absolute atomic E-state index is 13.4. The zero-order chi connectivity index (χ0) is 19.7. The predicted molar refractivity (Wildman–Crippen MR) is 102 cm³/mol. The van der Waals surface area contributed by atoms with E-state index in [0.29, 0.717) is 31.1 Å². The molecule has 1 amide bonds. The highest BCUT2D eigenvalue weighted by Gasteiger charge is 2.34. The van der Waals surface area contributed by atoms with Crippen molar-refractivity contribution in [3.05, 3.63) is 59.8 Å². The van der Waals surface area contributed by atoms with Gasteiger partial charge in [-0.3, -0.25) is 14.1 Å². The van der Waals surface area contributed by atoms with E-state index in [4.69, 9.17) is 0 Å². The number of halogens is 2. The van der Waals surface area contributed by atoms with Crippen molar-refractivity contribution in [3.63, 3.8) is 0 Å². The number of aryl methyl sites for hydroxylation is 1. The van der Waals surface area contributed by atoms with E-state index in [9.17, 15) is 13.6 Å². The van der Waals surface area contributed by atoms with Crippen molar-refractivity contribution in [1.29, 1.82) is 0 Å². The van der Waals surface area contributed by atoms with Crippen LogP contribution >= 0.6 is 0 Å². The number of imidazole rings is 1. The van der Waals surface area contributed by atoms with Crippen LogP contribution in [0.15, 0.2) is 42.7 Å². The average Bonchev–Trinajstić information content (AvgIpc) is 3.02. The van der Waals surface area contributed by atoms with Gasteiger partial charge < -0.3 is 5.32 Å². The SMILES string of the molecule is Cc1ccnc(NC(=O)c2nc(CN3CCC(F)(F)CC3)c3ccccn23)c1. The number of nitrogens with one attached hydrogen (secondary N) is 1. The summed E-state index contributed by atoms with van der Waals surface area (Å²) in [5, 5.41) is 2.77. The molecule has 1 N–H and O–H groups in total. The molecule has 0 atom stereocenters. The van der Waals surface area contributed by atoms with Gasteiger partial charge in [-0.05, 0) is 36.8 Å². The fourth-order valence-electron chi connectivity index (χ4n) is 3.41. The Labute approximate surface area is 161 Å². The largest absolute Gasteiger partial charge is 0.304 e. The Morgan fingerprint density at radius 2 is 2.04 bits per heavy atom. The molecule has 0 saturated carbocycles. The molecule has 3 aromatic rings. The van der Waals surface area contributed by atoms with Crippen molar-refractivity contribution < 1.29 is 13.6 Å². The molecule has 3 aromatic heterocycles. The Kier molecular flexibility index (Phi) is 4.80. The predicted octanol–water partition coefficient (Wildman–Crippen LogP) is 3.52. The Balaban J connectivity index is 1.58. The van der Waals surface area contributed by atoms with E-state index in [-0.39, 0.29) is 24.6 Å². The van der Waals surface area contributed by atoms with Gasteiger partial charge in [0.25, 0.3) is 11.8 Å². The molecule has 8 heteroatoms. The van der Waals surface area contributed by atoms with Crippen molar-refractivity contribution in [2.24, 2.45) is 0 Å². The highest BCUT2D eigenvalue weighted by Crippen LogP contribution is 2.28. The van der Waals surface area contributed by atoms with E-state index in [1.165, 1.54) is 0 Å². The molecule has 0 unspecified atom stereocenters. The Morgan fingerprint density at radius 3 is 2.79 bits per heavy atom. The van der Waals surface area contributed by atoms with Crippen LogP contribution in [-0.4, -0.2) is 44.2 Å². The summed E-state index contributed by atoms with van der Waals surface area (Å²) in [5.41, 5.74) is 2.48. The van der Waals surface area contributed by atoms with Crippen LogP contribution in [0.1, 0.15) is 34.7 Å². The van der Waals surface area contributed by atoms with Crippen LogP contribution in [0.25, 0.3) is 5.52 Å². The molecule has 28 heavy (non-hydrogen) atoms. The van der Waals surface area contributed by atoms with E-state index in [1.54, 1.807) is 22.9 Å². The lowest BCUT2D eigenvalue weighted by Gasteiger charge is -2.31. The molecule has 0 aromatic carbocycles. The standard InChI is InChI=1S/C20H21F2N5O/c1-14-5-8-23-17(12-14)25-19(28)18-24-15(16-4-2-3-9-27(16)18)13-26-10-6-20(21,22)7-11-26/h2-5,8-9,12H,6-7,10-11,13H2,1H3,(H,23,25,28). The molecule has 146 valence electrons. The average molecular weight is 385 g/mol. The highest BCUT2D eigenvalue weighted by atomic mass is 19.3. The summed E-state index contributed by atoms with van der Waals surface area (Å²) in [6.45, 7) is 2.98. The first kappa shape index (κ1) is 18.5. The smallest absolute Gasteiger partial charge is 0.293 e. The number of likely N-dealkylation sites (tertiary alicyclic amines) is 1. The van der Waals surface area contributed by atoms with Gasteiger partial charge in [0, 0.05) is 44.9 Å². The molecule has 0 bridgehead atoms. The van der Waals surface area contributed by atoms with Crippen molar-refractivity contribution in [2.45, 2.75) is 32.2 Å². The minimum atomic E-state index is -2.58. The van der Waals surface area contributed by atoms with Crippen LogP contribution in [0.5, 0.6) is 0 Å². The molecule has 4 heterocycles. The molecule has 0 aliphatic carbocycles. The number of anilines is 1. The van der Waals surface area contributed by atoms with E-state index in [1.807, 2.05) is 36.1 Å². The number of alkyl halides is 2. The second-order valence-electron chi connectivity index (χ2n) is 7.14. The molecular formula is C20H21F2N5O. The third kappa shape index (κ3) is 3.87. The molecule has 4 rings (SSSR count). The van der Waals surface area contributed by atoms with Crippen molar-refractivity contribution in [1.82, 2.24) is 19.3 Å². The first-order valence-electron chi connectivity index (χ1n) is 9.21. The molecule has 6 nitrogen and oxygen atoms in total. The van der Waals surface area contributed by atoms with Gasteiger partial charge in [0.2, 0.25) is 5.82 Å². The topological polar surface area (TPSA) is 62.5 Å². The fraction of sp³-hybridized carbons (Fsp3) is 0.350. The summed E-state index contributed by atoms with van der Waals surface area (Å²) in [4.78, 5) is 23.4. The fourth-order valence-corrected chi connectivity index (χ4v) is 3.41. The quantitative estimate of drug-likeness (QED) is 0.746. The maximum Gasteiger partial charge on any atom is 0.293 e. The van der Waals surface area contributed by atoms with E-state index in [2.05, 4.69) is 15.3 Å². The molecule has 0 radical (unpaired) electrons. The van der Waals surface area contributed by atoms with Crippen LogP contribution in [0.4, 0.5) is 14.6 Å². The van der Waals surface area contributed by atoms with E-state index < -0.39 is 5.92 Å². The normalized spacial score (nSPS) is 17.0. The summed E-state index contributed by atoms with van der Waals surface area (Å²) in [7, 11) is 0. The third-order valence-electron chi connectivity index (χ3n) is 4.95. The highest BCUT2D eigenvalue weighted by molar-refractivity contribution is 6.02. The molecule has 0 spiro atoms. The van der Waals surface area contributed by atoms with E-state index in [0.717, 1.165) is 11.1 Å². The number of hydrogen-bond acceptors (Lipinski definition) is 4. The van der Waals surface area contributed by atoms with Gasteiger partial charge in [-0.25, -0.2) is 18.7 Å². The summed E-state index contributed by atoms with van der Waals surface area (Å²) in [5.74, 6) is -2.25. The van der Waals surface area contributed by atoms with Crippen LogP contribution in [0.3, 0.4) is 0 Å². The van der Waals surface area contributed by atoms with Crippen molar-refractivity contribution >= 4 is 17.2 Å². The minimum absolute atomic E-state index is 0.148. The number of rotatable bonds is 4. The molecule has 1 fully saturated rings. The summed E-state index contributed by atoms with van der Waals surface area (Å²) in [6.07, 6.45) is 3.11. The number of aromatic nitrogens is 3. The van der Waals surface area contributed by atoms with Crippen LogP contribution in [0.2, 0.25) is 0 Å². The lowest BCUT2D eigenvalue weighted by Crippen LogP contribution is -2.38. The number of pyridine rings is 2. The van der Waals surface area contributed by atoms with Gasteiger partial charge in [0.15, 0.2) is 0 Å². The number of amides is 1. The van der Waals surface area contributed by atoms with Gasteiger partial charge in [-0.15, -0.1) is 0 Å². The second-order valence-corrected chi connectivity index (χ2v) is 7.14. The van der Waals surface area contributed by atoms with Gasteiger partial charge in [0.1, 0.15) is 5.82 Å². The van der Waals surface area contributed by atoms with Gasteiger partial charge in [-0.2, -0.15) is 0 Å². The zero-order valence-corrected chi connectivity index (χ0v) is 15.5. The lowest BCUT2D eigenvalue weighted by molar-refractivity contribution is -0.0567. The van der Waals surface area contributed by atoms with E-state index >= 15 is 0 Å². The van der Waals surface area contributed by atoms with Crippen molar-refractivity contribution in [3.8, 4) is 0 Å². The lowest BCUT2D eigenvalue weighted by atomic mass is 10.1. The Morgan fingerprint density at radius 1 is 1.25 bits per heavy atom. The Bertz CT molecular complexity index is 1010. The summed E-state index contributed by atoms with van der Waals surface area (Å²) < 4.78 is 28.5. The number of hydrogen-bond donors (Lipinski definition) is 1. The van der Waals surface area contributed by atoms with Gasteiger partial charge in [0.05, 0.1) is 11.2 Å². The number of carbonyl (C=O) groups is 1. The van der Waals surface area contributed by atoms with Crippen LogP contribution in [0, 0.1) is 6.92 Å². The maximum atomic E-state index is 13.4. The number of carbonyl (C=O) groups excluding carboxylic acids is 1. The van der Waals surface area contributed by atoms with Crippen molar-refractivity contribution in [2.75, 3.05) is 18.4 Å². The third-order valence-corrected chi connectivity index (χ3v) is 4.95. The molecule has 1 aliphatic rings. The molecular weight excluding hydrogens is 364 g/mol. The number of piperidine rings is 1. The molecule has 1 saturated heterocycles. The number of fused-ring (bicyclic) bond motifs is 1. The van der Waals surface area contributed by atoms with Crippen LogP contribution in [-0.2, 0) is 6.54 Å². The minimum Gasteiger partial charge on any atom is -0.304 e. The second kappa shape index (κ2) is 7.27. The zero-order valence-electron chi connectivity index (χ0n) is 15.5. The number of nitrogens with zero attached hydrogens (tertiary/aromatic N) is 4. The first-order valence-corrected chi connectivity index (χ1v) is 9.21. The monoisotopic (exact) mass is 385 g/mol. The van der Waals surface area contributed by atoms with Gasteiger partial charge in [-0.1, -0.05) is 6.07 Å². The summed E-state index contributed by atoms with van der Waals surface area (Å²) >= 11 is 0. The summed E-state index contributed by atoms with van der Waals surface area (Å²) in [6, 6.07) is 9.20. The van der Waals surface area contributed by atoms with Crippen LogP contribution < -0.4 is 5.32 Å².